The first-order valence-electron chi connectivity index (χ1n) is 15.1. The Morgan fingerprint density at radius 1 is 1.14 bits per heavy atom. The third-order valence-electron chi connectivity index (χ3n) is 9.79. The van der Waals surface area contributed by atoms with Crippen LogP contribution in [0.25, 0.3) is 0 Å². The molecule has 7 rings (SSSR count). The largest absolute Gasteiger partial charge is 0.380 e. The normalized spacial score (nSPS) is 24.7. The number of allylic oxidation sites excluding steroid dienone is 1. The first-order valence-corrected chi connectivity index (χ1v) is 16.1. The van der Waals surface area contributed by atoms with Crippen molar-refractivity contribution in [1.29, 1.82) is 0 Å². The Bertz CT molecular complexity index is 1670. The van der Waals surface area contributed by atoms with Crippen molar-refractivity contribution in [3.05, 3.63) is 76.0 Å². The molecule has 0 aromatic heterocycles. The predicted octanol–water partition coefficient (Wildman–Crippen LogP) is 3.75. The van der Waals surface area contributed by atoms with Gasteiger partial charge < -0.3 is 24.9 Å². The van der Waals surface area contributed by atoms with Crippen molar-refractivity contribution in [3.8, 4) is 5.75 Å². The van der Waals surface area contributed by atoms with Gasteiger partial charge in [-0.15, -0.1) is 0 Å². The Morgan fingerprint density at radius 3 is 2.72 bits per heavy atom. The van der Waals surface area contributed by atoms with Crippen molar-refractivity contribution >= 4 is 34.4 Å². The molecule has 0 aliphatic carbocycles. The molecule has 5 heterocycles. The number of benzene rings is 2. The molecule has 4 N–H and O–H groups in total. The van der Waals surface area contributed by atoms with E-state index in [2.05, 4.69) is 66.8 Å². The van der Waals surface area contributed by atoms with E-state index in [-0.39, 0.29) is 28.9 Å². The second-order valence-electron chi connectivity index (χ2n) is 13.1. The van der Waals surface area contributed by atoms with Crippen molar-refractivity contribution in [2.75, 3.05) is 31.1 Å². The molecule has 2 aromatic carbocycles. The third kappa shape index (κ3) is 4.41. The number of carbonyl (C=O) groups excluding carboxylic acids is 1. The van der Waals surface area contributed by atoms with Gasteiger partial charge in [-0.2, -0.15) is 8.78 Å². The van der Waals surface area contributed by atoms with Gasteiger partial charge in [-0.1, -0.05) is 26.0 Å². The lowest BCUT2D eigenvalue weighted by atomic mass is 9.73. The monoisotopic (exact) mass is 603 g/mol. The number of ether oxygens (including phenoxy) is 1. The molecule has 5 aliphatic rings. The number of anilines is 1. The smallest absolute Gasteiger partial charge is 0.357 e. The number of fused-ring (bicyclic) bond motifs is 8. The van der Waals surface area contributed by atoms with Crippen LogP contribution in [0.3, 0.4) is 0 Å². The Morgan fingerprint density at radius 2 is 1.95 bits per heavy atom. The zero-order valence-corrected chi connectivity index (χ0v) is 25.9. The molecule has 226 valence electrons. The second kappa shape index (κ2) is 10.1. The van der Waals surface area contributed by atoms with Crippen molar-refractivity contribution in [2.45, 2.75) is 70.0 Å². The van der Waals surface area contributed by atoms with E-state index < -0.39 is 11.4 Å². The summed E-state index contributed by atoms with van der Waals surface area (Å²) in [5, 5.41) is 2.88. The minimum Gasteiger partial charge on any atom is -0.380 e. The van der Waals surface area contributed by atoms with Crippen LogP contribution in [0.15, 0.2) is 59.3 Å². The lowest BCUT2D eigenvalue weighted by Crippen LogP contribution is -2.47. The molecule has 3 atom stereocenters. The quantitative estimate of drug-likeness (QED) is 0.340. The average molecular weight is 604 g/mol. The van der Waals surface area contributed by atoms with Crippen LogP contribution in [0, 0.1) is 0 Å². The standard InChI is InChI=1S/C33H38N4O5S/c1-32(2)23-15-19(16-29(38)35-12-11-34)5-7-25(23)36-13-9-27-21(30(32)36)18-22-28(41-27)10-14-37-26-8-6-20(42-43(39)40)17-24(26)33(3,4)31(22)37/h5-8,15,17-18,27-28H,9-14,16,34H2,1-4H3,(H-,35,38,39,40)/p+1. The van der Waals surface area contributed by atoms with Crippen LogP contribution in [-0.2, 0) is 38.1 Å². The number of nitrogens with zero attached hydrogens (tertiary/aromatic N) is 2. The van der Waals surface area contributed by atoms with Crippen LogP contribution in [0.2, 0.25) is 0 Å². The first-order chi connectivity index (χ1) is 20.5. The maximum atomic E-state index is 12.4. The van der Waals surface area contributed by atoms with Crippen molar-refractivity contribution in [1.82, 2.24) is 5.32 Å². The van der Waals surface area contributed by atoms with E-state index in [0.717, 1.165) is 42.7 Å². The van der Waals surface area contributed by atoms with E-state index in [1.807, 2.05) is 12.1 Å². The van der Waals surface area contributed by atoms with Crippen LogP contribution < -0.4 is 20.1 Å². The molecule has 1 amide bonds. The lowest BCUT2D eigenvalue weighted by molar-refractivity contribution is -0.445. The molecule has 0 spiro atoms. The highest BCUT2D eigenvalue weighted by Crippen LogP contribution is 2.54. The Hall–Kier alpha value is -3.31. The van der Waals surface area contributed by atoms with Gasteiger partial charge in [0.1, 0.15) is 5.75 Å². The summed E-state index contributed by atoms with van der Waals surface area (Å²) in [4.78, 5) is 14.9. The molecule has 0 radical (unpaired) electrons. The number of hydrogen-bond acceptors (Lipinski definition) is 6. The van der Waals surface area contributed by atoms with Gasteiger partial charge in [-0.05, 0) is 55.7 Å². The van der Waals surface area contributed by atoms with Crippen LogP contribution in [0.5, 0.6) is 5.75 Å². The molecule has 9 nitrogen and oxygen atoms in total. The maximum absolute atomic E-state index is 12.4. The molecule has 3 unspecified atom stereocenters. The number of carbonyl (C=O) groups is 1. The van der Waals surface area contributed by atoms with E-state index in [1.54, 1.807) is 6.07 Å². The highest BCUT2D eigenvalue weighted by Gasteiger charge is 2.54. The highest BCUT2D eigenvalue weighted by atomic mass is 32.2. The average Bonchev–Trinajstić information content (AvgIpc) is 3.34. The zero-order valence-electron chi connectivity index (χ0n) is 25.1. The molecule has 0 saturated carbocycles. The summed E-state index contributed by atoms with van der Waals surface area (Å²) in [6, 6.07) is 12.1. The molecule has 43 heavy (non-hydrogen) atoms. The summed E-state index contributed by atoms with van der Waals surface area (Å²) in [6.45, 7) is 11.6. The van der Waals surface area contributed by atoms with E-state index in [9.17, 15) is 13.6 Å². The maximum Gasteiger partial charge on any atom is 0.357 e. The van der Waals surface area contributed by atoms with E-state index in [1.165, 1.54) is 33.8 Å². The fraction of sp³-hybridized carbons (Fsp3) is 0.455. The van der Waals surface area contributed by atoms with Gasteiger partial charge in [0, 0.05) is 65.6 Å². The van der Waals surface area contributed by atoms with E-state index >= 15 is 0 Å². The summed E-state index contributed by atoms with van der Waals surface area (Å²) in [7, 11) is 0. The topological polar surface area (TPSA) is 117 Å². The molecular formula is C33H39N4O5S+. The Kier molecular flexibility index (Phi) is 6.70. The summed E-state index contributed by atoms with van der Waals surface area (Å²) < 4.78 is 35.1. The van der Waals surface area contributed by atoms with E-state index in [0.29, 0.717) is 25.3 Å². The fourth-order valence-corrected chi connectivity index (χ4v) is 8.29. The zero-order chi connectivity index (χ0) is 30.3. The summed E-state index contributed by atoms with van der Waals surface area (Å²) in [5.41, 5.74) is 15.5. The minimum atomic E-state index is -2.38. The van der Waals surface area contributed by atoms with Crippen LogP contribution >= 0.6 is 0 Å². The number of rotatable bonds is 6. The molecular weight excluding hydrogens is 564 g/mol. The Balaban J connectivity index is 1.30. The van der Waals surface area contributed by atoms with Crippen LogP contribution in [-0.4, -0.2) is 63.3 Å². The van der Waals surface area contributed by atoms with Crippen LogP contribution in [0.4, 0.5) is 11.4 Å². The summed E-state index contributed by atoms with van der Waals surface area (Å²) in [5.74, 6) is 0.368. The molecule has 0 bridgehead atoms. The molecule has 0 saturated heterocycles. The van der Waals surface area contributed by atoms with E-state index in [4.69, 9.17) is 14.7 Å². The van der Waals surface area contributed by atoms with Gasteiger partial charge >= 0.3 is 11.4 Å². The van der Waals surface area contributed by atoms with Crippen molar-refractivity contribution in [3.63, 3.8) is 0 Å². The third-order valence-corrected chi connectivity index (χ3v) is 10.1. The van der Waals surface area contributed by atoms with Crippen molar-refractivity contribution in [2.24, 2.45) is 5.73 Å². The van der Waals surface area contributed by atoms with Gasteiger partial charge in [0.25, 0.3) is 0 Å². The fourth-order valence-electron chi connectivity index (χ4n) is 8.02. The number of hydrogen-bond donors (Lipinski definition) is 3. The van der Waals surface area contributed by atoms with Gasteiger partial charge in [-0.25, -0.2) is 0 Å². The highest BCUT2D eigenvalue weighted by molar-refractivity contribution is 7.74. The second-order valence-corrected chi connectivity index (χ2v) is 13.7. The molecule has 5 aliphatic heterocycles. The van der Waals surface area contributed by atoms with Crippen molar-refractivity contribution < 1.29 is 27.1 Å². The molecule has 0 fully saturated rings. The van der Waals surface area contributed by atoms with Gasteiger partial charge in [-0.3, -0.25) is 9.35 Å². The van der Waals surface area contributed by atoms with Crippen LogP contribution in [0.1, 0.15) is 57.2 Å². The van der Waals surface area contributed by atoms with Gasteiger partial charge in [0.15, 0.2) is 12.3 Å². The minimum absolute atomic E-state index is 0.0140. The SMILES string of the molecule is CC1(C)C2=C3C=C4C5=[N+](CCC4OC3CCN2c2ccc(CC(=O)NCCN)cc21)c1ccc(OS(=O)O)cc1C5(C)C. The summed E-state index contributed by atoms with van der Waals surface area (Å²) in [6.07, 6.45) is 4.61. The number of nitrogens with two attached hydrogens (primary N) is 1. The molecule has 2 aromatic rings. The van der Waals surface area contributed by atoms with Gasteiger partial charge in [0.05, 0.1) is 24.0 Å². The summed E-state index contributed by atoms with van der Waals surface area (Å²) >= 11 is -2.38. The predicted molar refractivity (Wildman–Crippen MR) is 166 cm³/mol. The number of nitrogens with one attached hydrogen (secondary N) is 1. The van der Waals surface area contributed by atoms with Gasteiger partial charge in [0.2, 0.25) is 11.6 Å². The Labute approximate surface area is 254 Å². The first kappa shape index (κ1) is 28.5. The lowest BCUT2D eigenvalue weighted by Gasteiger charge is -2.42. The number of amides is 1. The molecule has 10 heteroatoms.